The first-order chi connectivity index (χ1) is 9.15. The summed E-state index contributed by atoms with van der Waals surface area (Å²) < 4.78 is 10.4. The van der Waals surface area contributed by atoms with E-state index in [1.165, 1.54) is 0 Å². The Hall–Kier alpha value is -2.28. The molecule has 1 aliphatic heterocycles. The van der Waals surface area contributed by atoms with Crippen LogP contribution in [0.1, 0.15) is 12.0 Å². The number of carbonyl (C=O) groups excluding carboxylic acids is 1. The molecule has 7 heteroatoms. The van der Waals surface area contributed by atoms with Gasteiger partial charge in [-0.15, -0.1) is 0 Å². The number of nitrogens with one attached hydrogen (secondary N) is 1. The van der Waals surface area contributed by atoms with Crippen molar-refractivity contribution in [3.05, 3.63) is 23.8 Å². The van der Waals surface area contributed by atoms with Crippen molar-refractivity contribution in [1.29, 1.82) is 0 Å². The zero-order valence-corrected chi connectivity index (χ0v) is 10.0. The maximum atomic E-state index is 11.3. The standard InChI is InChI=1S/C12H13NO6/c14-11(13-19-6-12(15)16)4-2-8-1-3-9-10(5-8)18-7-17-9/h1,3,5H,2,4,6-7H2,(H,13,14)(H,15,16). The van der Waals surface area contributed by atoms with Gasteiger partial charge >= 0.3 is 5.97 Å². The first-order valence-electron chi connectivity index (χ1n) is 5.66. The molecule has 1 aromatic carbocycles. The van der Waals surface area contributed by atoms with Gasteiger partial charge in [0.05, 0.1) is 0 Å². The molecule has 1 heterocycles. The van der Waals surface area contributed by atoms with E-state index in [-0.39, 0.29) is 19.1 Å². The summed E-state index contributed by atoms with van der Waals surface area (Å²) in [5, 5.41) is 8.32. The van der Waals surface area contributed by atoms with Gasteiger partial charge in [-0.25, -0.2) is 10.3 Å². The summed E-state index contributed by atoms with van der Waals surface area (Å²) in [6.45, 7) is -0.349. The van der Waals surface area contributed by atoms with E-state index in [0.717, 1.165) is 5.56 Å². The summed E-state index contributed by atoms with van der Waals surface area (Å²) in [5.41, 5.74) is 2.99. The Morgan fingerprint density at radius 1 is 1.32 bits per heavy atom. The lowest BCUT2D eigenvalue weighted by Crippen LogP contribution is -2.26. The van der Waals surface area contributed by atoms with Crippen LogP contribution in [0.2, 0.25) is 0 Å². The Bertz CT molecular complexity index is 487. The van der Waals surface area contributed by atoms with Crippen molar-refractivity contribution in [3.63, 3.8) is 0 Å². The van der Waals surface area contributed by atoms with Crippen molar-refractivity contribution in [1.82, 2.24) is 5.48 Å². The summed E-state index contributed by atoms with van der Waals surface area (Å²) in [6.07, 6.45) is 0.693. The molecule has 0 aliphatic carbocycles. The highest BCUT2D eigenvalue weighted by Crippen LogP contribution is 2.32. The van der Waals surface area contributed by atoms with E-state index in [0.29, 0.717) is 17.9 Å². The fourth-order valence-electron chi connectivity index (χ4n) is 1.58. The van der Waals surface area contributed by atoms with Gasteiger partial charge in [0.15, 0.2) is 18.1 Å². The number of amides is 1. The topological polar surface area (TPSA) is 94.1 Å². The summed E-state index contributed by atoms with van der Waals surface area (Å²) in [7, 11) is 0. The Kier molecular flexibility index (Phi) is 4.19. The zero-order valence-electron chi connectivity index (χ0n) is 10.0. The molecule has 0 saturated heterocycles. The van der Waals surface area contributed by atoms with Crippen LogP contribution in [-0.4, -0.2) is 30.4 Å². The van der Waals surface area contributed by atoms with Crippen LogP contribution in [0.5, 0.6) is 11.5 Å². The van der Waals surface area contributed by atoms with E-state index in [1.54, 1.807) is 6.07 Å². The third-order valence-corrected chi connectivity index (χ3v) is 2.46. The number of carboxylic acids is 1. The van der Waals surface area contributed by atoms with Crippen LogP contribution in [0.4, 0.5) is 0 Å². The minimum Gasteiger partial charge on any atom is -0.479 e. The minimum atomic E-state index is -1.14. The zero-order chi connectivity index (χ0) is 13.7. The highest BCUT2D eigenvalue weighted by molar-refractivity contribution is 5.75. The summed E-state index contributed by atoms with van der Waals surface area (Å²) >= 11 is 0. The number of hydrogen-bond acceptors (Lipinski definition) is 5. The molecule has 0 unspecified atom stereocenters. The molecule has 7 nitrogen and oxygen atoms in total. The van der Waals surface area contributed by atoms with Gasteiger partial charge in [-0.1, -0.05) is 6.07 Å². The smallest absolute Gasteiger partial charge is 0.332 e. The molecule has 0 aromatic heterocycles. The lowest BCUT2D eigenvalue weighted by Gasteiger charge is -2.04. The fourth-order valence-corrected chi connectivity index (χ4v) is 1.58. The van der Waals surface area contributed by atoms with E-state index in [2.05, 4.69) is 10.3 Å². The average Bonchev–Trinajstić information content (AvgIpc) is 2.83. The van der Waals surface area contributed by atoms with Crippen LogP contribution >= 0.6 is 0 Å². The number of hydroxylamine groups is 1. The van der Waals surface area contributed by atoms with E-state index < -0.39 is 12.6 Å². The lowest BCUT2D eigenvalue weighted by molar-refractivity contribution is -0.149. The summed E-state index contributed by atoms with van der Waals surface area (Å²) in [4.78, 5) is 26.0. The van der Waals surface area contributed by atoms with Crippen LogP contribution < -0.4 is 15.0 Å². The number of benzene rings is 1. The van der Waals surface area contributed by atoms with Crippen LogP contribution in [0.15, 0.2) is 18.2 Å². The van der Waals surface area contributed by atoms with E-state index in [1.807, 2.05) is 12.1 Å². The van der Waals surface area contributed by atoms with Crippen molar-refractivity contribution in [2.45, 2.75) is 12.8 Å². The first-order valence-corrected chi connectivity index (χ1v) is 5.66. The summed E-state index contributed by atoms with van der Waals surface area (Å²) in [6, 6.07) is 5.45. The monoisotopic (exact) mass is 267 g/mol. The van der Waals surface area contributed by atoms with E-state index in [4.69, 9.17) is 14.6 Å². The van der Waals surface area contributed by atoms with E-state index in [9.17, 15) is 9.59 Å². The Labute approximate surface area is 109 Å². The van der Waals surface area contributed by atoms with Gasteiger partial charge in [-0.05, 0) is 24.1 Å². The Balaban J connectivity index is 1.76. The van der Waals surface area contributed by atoms with Crippen LogP contribution in [0.3, 0.4) is 0 Å². The van der Waals surface area contributed by atoms with Gasteiger partial charge in [0.25, 0.3) is 0 Å². The van der Waals surface area contributed by atoms with Crippen LogP contribution in [0, 0.1) is 0 Å². The molecule has 102 valence electrons. The molecule has 0 spiro atoms. The molecule has 0 fully saturated rings. The number of aryl methyl sites for hydroxylation is 1. The Morgan fingerprint density at radius 2 is 2.11 bits per heavy atom. The average molecular weight is 267 g/mol. The molecule has 2 rings (SSSR count). The molecule has 0 bridgehead atoms. The molecule has 1 amide bonds. The van der Waals surface area contributed by atoms with Crippen LogP contribution in [-0.2, 0) is 20.8 Å². The predicted octanol–water partition coefficient (Wildman–Crippen LogP) is 0.480. The van der Waals surface area contributed by atoms with Crippen molar-refractivity contribution in [2.75, 3.05) is 13.4 Å². The number of ether oxygens (including phenoxy) is 2. The second kappa shape index (κ2) is 6.05. The molecule has 0 saturated carbocycles. The molecule has 19 heavy (non-hydrogen) atoms. The SMILES string of the molecule is O=C(O)CONC(=O)CCc1ccc2c(c1)OCO2. The molecule has 2 N–H and O–H groups in total. The molecule has 0 radical (unpaired) electrons. The Morgan fingerprint density at radius 3 is 2.89 bits per heavy atom. The van der Waals surface area contributed by atoms with Gasteiger partial charge < -0.3 is 14.6 Å². The van der Waals surface area contributed by atoms with Gasteiger partial charge in [-0.3, -0.25) is 9.63 Å². The molecule has 1 aromatic rings. The van der Waals surface area contributed by atoms with Crippen LogP contribution in [0.25, 0.3) is 0 Å². The minimum absolute atomic E-state index is 0.194. The van der Waals surface area contributed by atoms with Crippen molar-refractivity contribution >= 4 is 11.9 Å². The van der Waals surface area contributed by atoms with Gasteiger partial charge in [0.2, 0.25) is 12.7 Å². The van der Waals surface area contributed by atoms with Crippen molar-refractivity contribution in [2.24, 2.45) is 0 Å². The molecular formula is C12H13NO6. The second-order valence-electron chi connectivity index (χ2n) is 3.90. The fraction of sp³-hybridized carbons (Fsp3) is 0.333. The van der Waals surface area contributed by atoms with Gasteiger partial charge in [0.1, 0.15) is 0 Å². The summed E-state index contributed by atoms with van der Waals surface area (Å²) in [5.74, 6) is -0.159. The highest BCUT2D eigenvalue weighted by Gasteiger charge is 2.13. The number of carboxylic acid groups (broad SMARTS) is 1. The predicted molar refractivity (Wildman–Crippen MR) is 62.6 cm³/mol. The quantitative estimate of drug-likeness (QED) is 0.728. The maximum absolute atomic E-state index is 11.3. The number of hydrogen-bond donors (Lipinski definition) is 2. The molecule has 0 atom stereocenters. The van der Waals surface area contributed by atoms with Crippen molar-refractivity contribution in [3.8, 4) is 11.5 Å². The third-order valence-electron chi connectivity index (χ3n) is 2.46. The molecule has 1 aliphatic rings. The number of aliphatic carboxylic acids is 1. The maximum Gasteiger partial charge on any atom is 0.332 e. The number of fused-ring (bicyclic) bond motifs is 1. The van der Waals surface area contributed by atoms with Gasteiger partial charge in [-0.2, -0.15) is 0 Å². The molecular weight excluding hydrogens is 254 g/mol. The van der Waals surface area contributed by atoms with E-state index >= 15 is 0 Å². The largest absolute Gasteiger partial charge is 0.479 e. The second-order valence-corrected chi connectivity index (χ2v) is 3.90. The first kappa shape index (κ1) is 13.2. The number of carbonyl (C=O) groups is 2. The highest BCUT2D eigenvalue weighted by atomic mass is 16.7. The lowest BCUT2D eigenvalue weighted by atomic mass is 10.1. The van der Waals surface area contributed by atoms with Crippen molar-refractivity contribution < 1.29 is 29.0 Å². The van der Waals surface area contributed by atoms with Gasteiger partial charge in [0, 0.05) is 6.42 Å². The number of rotatable bonds is 6. The third kappa shape index (κ3) is 3.85. The normalized spacial score (nSPS) is 12.2.